The highest BCUT2D eigenvalue weighted by Crippen LogP contribution is 2.11. The van der Waals surface area contributed by atoms with Crippen molar-refractivity contribution in [2.75, 3.05) is 0 Å². The third kappa shape index (κ3) is 4.70. The third-order valence-corrected chi connectivity index (χ3v) is 4.12. The molecule has 0 aliphatic carbocycles. The molecule has 0 bridgehead atoms. The van der Waals surface area contributed by atoms with Gasteiger partial charge in [0.1, 0.15) is 5.76 Å². The highest BCUT2D eigenvalue weighted by Gasteiger charge is 2.11. The van der Waals surface area contributed by atoms with Crippen molar-refractivity contribution in [2.45, 2.75) is 19.6 Å². The molecule has 4 heteroatoms. The van der Waals surface area contributed by atoms with Crippen molar-refractivity contribution in [2.24, 2.45) is 0 Å². The maximum absolute atomic E-state index is 5.62. The van der Waals surface area contributed by atoms with Crippen LogP contribution < -0.4 is 5.32 Å². The molecule has 1 heterocycles. The van der Waals surface area contributed by atoms with Crippen molar-refractivity contribution in [3.63, 3.8) is 0 Å². The fourth-order valence-electron chi connectivity index (χ4n) is 2.49. The first-order chi connectivity index (χ1) is 11.8. The van der Waals surface area contributed by atoms with Crippen LogP contribution in [-0.2, 0) is 19.6 Å². The molecule has 122 valence electrons. The van der Waals surface area contributed by atoms with E-state index in [9.17, 15) is 0 Å². The van der Waals surface area contributed by atoms with Crippen LogP contribution in [0.3, 0.4) is 0 Å². The van der Waals surface area contributed by atoms with E-state index in [-0.39, 0.29) is 0 Å². The van der Waals surface area contributed by atoms with Crippen LogP contribution in [0.1, 0.15) is 16.9 Å². The van der Waals surface area contributed by atoms with E-state index in [1.54, 1.807) is 6.26 Å². The summed E-state index contributed by atoms with van der Waals surface area (Å²) in [6.07, 6.45) is 1.67. The zero-order valence-electron chi connectivity index (χ0n) is 13.4. The van der Waals surface area contributed by atoms with E-state index in [0.29, 0.717) is 6.54 Å². The Balaban J connectivity index is 1.69. The highest BCUT2D eigenvalue weighted by molar-refractivity contribution is 7.80. The van der Waals surface area contributed by atoms with E-state index in [1.807, 2.05) is 24.3 Å². The molecule has 3 rings (SSSR count). The number of thiocarbonyl (C=S) groups is 1. The highest BCUT2D eigenvalue weighted by atomic mass is 32.1. The van der Waals surface area contributed by atoms with Gasteiger partial charge in [-0.2, -0.15) is 0 Å². The Morgan fingerprint density at radius 3 is 1.92 bits per heavy atom. The van der Waals surface area contributed by atoms with Gasteiger partial charge in [0.15, 0.2) is 5.11 Å². The summed E-state index contributed by atoms with van der Waals surface area (Å²) in [7, 11) is 0. The molecule has 0 atom stereocenters. The molecule has 3 aromatic rings. The monoisotopic (exact) mass is 336 g/mol. The molecular weight excluding hydrogens is 316 g/mol. The van der Waals surface area contributed by atoms with Gasteiger partial charge in [0.25, 0.3) is 0 Å². The minimum atomic E-state index is 0.589. The summed E-state index contributed by atoms with van der Waals surface area (Å²) in [5, 5.41) is 4.01. The predicted octanol–water partition coefficient (Wildman–Crippen LogP) is 4.36. The molecule has 0 amide bonds. The van der Waals surface area contributed by atoms with Crippen LogP contribution in [-0.4, -0.2) is 10.0 Å². The van der Waals surface area contributed by atoms with Crippen LogP contribution in [0.25, 0.3) is 0 Å². The normalized spacial score (nSPS) is 10.3. The predicted molar refractivity (Wildman–Crippen MR) is 100 cm³/mol. The number of furan rings is 1. The summed E-state index contributed by atoms with van der Waals surface area (Å²) in [5.41, 5.74) is 2.46. The molecule has 0 aliphatic heterocycles. The van der Waals surface area contributed by atoms with Gasteiger partial charge in [-0.15, -0.1) is 0 Å². The third-order valence-electron chi connectivity index (χ3n) is 3.71. The second-order valence-electron chi connectivity index (χ2n) is 5.57. The lowest BCUT2D eigenvalue weighted by atomic mass is 10.2. The molecule has 0 radical (unpaired) electrons. The molecule has 3 nitrogen and oxygen atoms in total. The van der Waals surface area contributed by atoms with Crippen molar-refractivity contribution < 1.29 is 4.42 Å². The average Bonchev–Trinajstić information content (AvgIpc) is 3.14. The Hall–Kier alpha value is -2.59. The van der Waals surface area contributed by atoms with Gasteiger partial charge in [-0.05, 0) is 35.5 Å². The molecule has 0 spiro atoms. The topological polar surface area (TPSA) is 28.4 Å². The summed E-state index contributed by atoms with van der Waals surface area (Å²) in [5.74, 6) is 0.872. The first-order valence-corrected chi connectivity index (χ1v) is 8.35. The largest absolute Gasteiger partial charge is 0.467 e. The van der Waals surface area contributed by atoms with Crippen LogP contribution in [0.2, 0.25) is 0 Å². The zero-order valence-corrected chi connectivity index (χ0v) is 14.2. The van der Waals surface area contributed by atoms with Crippen LogP contribution in [0, 0.1) is 0 Å². The maximum atomic E-state index is 5.62. The number of hydrogen-bond acceptors (Lipinski definition) is 2. The van der Waals surface area contributed by atoms with Gasteiger partial charge in [-0.3, -0.25) is 0 Å². The second kappa shape index (κ2) is 8.31. The number of hydrogen-bond donors (Lipinski definition) is 1. The van der Waals surface area contributed by atoms with Gasteiger partial charge in [0.05, 0.1) is 12.8 Å². The van der Waals surface area contributed by atoms with E-state index >= 15 is 0 Å². The molecule has 1 aromatic heterocycles. The van der Waals surface area contributed by atoms with Crippen LogP contribution in [0.5, 0.6) is 0 Å². The molecule has 0 fully saturated rings. The summed E-state index contributed by atoms with van der Waals surface area (Å²) in [6, 6.07) is 24.5. The van der Waals surface area contributed by atoms with Crippen molar-refractivity contribution in [3.8, 4) is 0 Å². The SMILES string of the molecule is S=C(NCc1ccco1)N(Cc1ccccc1)Cc1ccccc1. The van der Waals surface area contributed by atoms with Crippen molar-refractivity contribution >= 4 is 17.3 Å². The fraction of sp³-hybridized carbons (Fsp3) is 0.150. The molecule has 24 heavy (non-hydrogen) atoms. The molecule has 2 aromatic carbocycles. The van der Waals surface area contributed by atoms with E-state index in [4.69, 9.17) is 16.6 Å². The summed E-state index contributed by atoms with van der Waals surface area (Å²) < 4.78 is 5.36. The summed E-state index contributed by atoms with van der Waals surface area (Å²) in [6.45, 7) is 2.12. The van der Waals surface area contributed by atoms with Crippen molar-refractivity contribution in [1.29, 1.82) is 0 Å². The number of rotatable bonds is 6. The lowest BCUT2D eigenvalue weighted by Gasteiger charge is -2.26. The lowest BCUT2D eigenvalue weighted by molar-refractivity contribution is 0.395. The quantitative estimate of drug-likeness (QED) is 0.677. The van der Waals surface area contributed by atoms with Gasteiger partial charge in [-0.1, -0.05) is 60.7 Å². The van der Waals surface area contributed by atoms with Gasteiger partial charge >= 0.3 is 0 Å². The van der Waals surface area contributed by atoms with Gasteiger partial charge in [-0.25, -0.2) is 0 Å². The summed E-state index contributed by atoms with van der Waals surface area (Å²) in [4.78, 5) is 2.17. The first kappa shape index (κ1) is 16.3. The number of nitrogens with one attached hydrogen (secondary N) is 1. The average molecular weight is 336 g/mol. The molecule has 0 saturated heterocycles. The van der Waals surface area contributed by atoms with Gasteiger partial charge in [0.2, 0.25) is 0 Å². The lowest BCUT2D eigenvalue weighted by Crippen LogP contribution is -2.38. The molecule has 0 unspecified atom stereocenters. The Bertz CT molecular complexity index is 700. The van der Waals surface area contributed by atoms with E-state index < -0.39 is 0 Å². The standard InChI is InChI=1S/C20H20N2OS/c24-20(21-14-19-12-7-13-23-19)22(15-17-8-3-1-4-9-17)16-18-10-5-2-6-11-18/h1-13H,14-16H2,(H,21,24). The number of benzene rings is 2. The van der Waals surface area contributed by atoms with Crippen LogP contribution in [0.4, 0.5) is 0 Å². The molecular formula is C20H20N2OS. The maximum Gasteiger partial charge on any atom is 0.169 e. The van der Waals surface area contributed by atoms with E-state index in [2.05, 4.69) is 58.7 Å². The fourth-order valence-corrected chi connectivity index (χ4v) is 2.70. The minimum absolute atomic E-state index is 0.589. The van der Waals surface area contributed by atoms with Crippen molar-refractivity contribution in [1.82, 2.24) is 10.2 Å². The molecule has 0 aliphatic rings. The molecule has 1 N–H and O–H groups in total. The first-order valence-electron chi connectivity index (χ1n) is 7.94. The number of nitrogens with zero attached hydrogens (tertiary/aromatic N) is 1. The van der Waals surface area contributed by atoms with E-state index in [0.717, 1.165) is 24.0 Å². The zero-order chi connectivity index (χ0) is 16.6. The van der Waals surface area contributed by atoms with E-state index in [1.165, 1.54) is 11.1 Å². The summed E-state index contributed by atoms with van der Waals surface area (Å²) >= 11 is 5.62. The minimum Gasteiger partial charge on any atom is -0.467 e. The Kier molecular flexibility index (Phi) is 5.64. The Labute approximate surface area is 147 Å². The molecule has 0 saturated carbocycles. The van der Waals surface area contributed by atoms with Crippen molar-refractivity contribution in [3.05, 3.63) is 95.9 Å². The second-order valence-corrected chi connectivity index (χ2v) is 5.95. The Morgan fingerprint density at radius 2 is 1.42 bits per heavy atom. The van der Waals surface area contributed by atoms with Gasteiger partial charge < -0.3 is 14.6 Å². The van der Waals surface area contributed by atoms with Crippen LogP contribution in [0.15, 0.2) is 83.5 Å². The smallest absolute Gasteiger partial charge is 0.169 e. The van der Waals surface area contributed by atoms with Crippen LogP contribution >= 0.6 is 12.2 Å². The van der Waals surface area contributed by atoms with Gasteiger partial charge in [0, 0.05) is 13.1 Å². The Morgan fingerprint density at radius 1 is 0.833 bits per heavy atom.